The van der Waals surface area contributed by atoms with Crippen molar-refractivity contribution < 1.29 is 9.59 Å². The van der Waals surface area contributed by atoms with Crippen molar-refractivity contribution in [3.05, 3.63) is 53.6 Å². The second-order valence-electron chi connectivity index (χ2n) is 6.40. The number of nitrogens with one attached hydrogen (secondary N) is 3. The molecule has 0 aromatic heterocycles. The van der Waals surface area contributed by atoms with Crippen LogP contribution in [0.25, 0.3) is 0 Å². The molecule has 0 unspecified atom stereocenters. The van der Waals surface area contributed by atoms with E-state index >= 15 is 0 Å². The number of rotatable bonds is 5. The minimum atomic E-state index is -0.297. The van der Waals surface area contributed by atoms with Crippen molar-refractivity contribution in [1.82, 2.24) is 0 Å². The van der Waals surface area contributed by atoms with Crippen LogP contribution in [-0.4, -0.2) is 18.5 Å². The van der Waals surface area contributed by atoms with Gasteiger partial charge in [0.25, 0.3) is 0 Å². The molecule has 6 nitrogen and oxygen atoms in total. The second kappa shape index (κ2) is 8.49. The van der Waals surface area contributed by atoms with E-state index in [0.717, 1.165) is 24.9 Å². The van der Waals surface area contributed by atoms with Crippen LogP contribution in [0.4, 0.5) is 21.9 Å². The summed E-state index contributed by atoms with van der Waals surface area (Å²) in [6, 6.07) is 12.8. The summed E-state index contributed by atoms with van der Waals surface area (Å²) in [6.07, 6.45) is 4.67. The molecular formula is C20H24N4O2. The lowest BCUT2D eigenvalue weighted by molar-refractivity contribution is -0.116. The van der Waals surface area contributed by atoms with E-state index in [0.29, 0.717) is 17.9 Å². The lowest BCUT2D eigenvalue weighted by Gasteiger charge is -2.19. The predicted molar refractivity (Wildman–Crippen MR) is 104 cm³/mol. The molecule has 3 amide bonds. The Bertz CT molecular complexity index is 804. The zero-order chi connectivity index (χ0) is 18.4. The zero-order valence-electron chi connectivity index (χ0n) is 14.7. The topological polar surface area (TPSA) is 96.2 Å². The Hall–Kier alpha value is -2.86. The number of carbonyl (C=O) groups is 2. The minimum Gasteiger partial charge on any atom is -0.330 e. The third-order valence-electron chi connectivity index (χ3n) is 4.42. The van der Waals surface area contributed by atoms with E-state index in [2.05, 4.69) is 22.0 Å². The van der Waals surface area contributed by atoms with Crippen LogP contribution in [0.5, 0.6) is 0 Å². The molecule has 0 heterocycles. The van der Waals surface area contributed by atoms with Gasteiger partial charge in [-0.3, -0.25) is 4.79 Å². The fourth-order valence-corrected chi connectivity index (χ4v) is 3.21. The highest BCUT2D eigenvalue weighted by Crippen LogP contribution is 2.28. The summed E-state index contributed by atoms with van der Waals surface area (Å²) >= 11 is 0. The van der Waals surface area contributed by atoms with Gasteiger partial charge < -0.3 is 21.7 Å². The highest BCUT2D eigenvalue weighted by Gasteiger charge is 2.14. The summed E-state index contributed by atoms with van der Waals surface area (Å²) in [5.74, 6) is -0.148. The lowest BCUT2D eigenvalue weighted by Crippen LogP contribution is -2.21. The summed E-state index contributed by atoms with van der Waals surface area (Å²) in [5, 5.41) is 8.52. The van der Waals surface area contributed by atoms with Crippen molar-refractivity contribution in [2.24, 2.45) is 5.73 Å². The molecule has 3 rings (SSSR count). The molecule has 0 bridgehead atoms. The number of carbonyl (C=O) groups excluding carboxylic acids is 2. The van der Waals surface area contributed by atoms with Crippen molar-refractivity contribution in [2.75, 3.05) is 22.5 Å². The smallest absolute Gasteiger partial charge is 0.323 e. The molecule has 0 atom stereocenters. The molecule has 0 aliphatic heterocycles. The first kappa shape index (κ1) is 17.9. The van der Waals surface area contributed by atoms with Gasteiger partial charge in [-0.05, 0) is 61.1 Å². The summed E-state index contributed by atoms with van der Waals surface area (Å²) in [7, 11) is 0. The molecule has 136 valence electrons. The Morgan fingerprint density at radius 1 is 0.923 bits per heavy atom. The maximum Gasteiger partial charge on any atom is 0.323 e. The summed E-state index contributed by atoms with van der Waals surface area (Å²) in [4.78, 5) is 24.0. The Kier molecular flexibility index (Phi) is 5.86. The Labute approximate surface area is 153 Å². The largest absolute Gasteiger partial charge is 0.330 e. The predicted octanol–water partition coefficient (Wildman–Crippen LogP) is 3.50. The van der Waals surface area contributed by atoms with Gasteiger partial charge >= 0.3 is 6.03 Å². The van der Waals surface area contributed by atoms with Crippen LogP contribution in [0.2, 0.25) is 0 Å². The van der Waals surface area contributed by atoms with Gasteiger partial charge in [0.1, 0.15) is 0 Å². The molecule has 0 saturated heterocycles. The third kappa shape index (κ3) is 4.61. The molecule has 0 fully saturated rings. The molecule has 26 heavy (non-hydrogen) atoms. The minimum absolute atomic E-state index is 0.148. The summed E-state index contributed by atoms with van der Waals surface area (Å²) in [6.45, 7) is 0.299. The lowest BCUT2D eigenvalue weighted by atomic mass is 9.90. The van der Waals surface area contributed by atoms with E-state index < -0.39 is 0 Å². The molecule has 6 heteroatoms. The number of amides is 3. The van der Waals surface area contributed by atoms with E-state index in [9.17, 15) is 9.59 Å². The third-order valence-corrected chi connectivity index (χ3v) is 4.42. The molecule has 5 N–H and O–H groups in total. The molecule has 2 aromatic rings. The second-order valence-corrected chi connectivity index (χ2v) is 6.40. The van der Waals surface area contributed by atoms with Crippen molar-refractivity contribution in [2.45, 2.75) is 32.1 Å². The van der Waals surface area contributed by atoms with Gasteiger partial charge in [-0.25, -0.2) is 4.79 Å². The van der Waals surface area contributed by atoms with Gasteiger partial charge in [-0.1, -0.05) is 18.2 Å². The van der Waals surface area contributed by atoms with Crippen LogP contribution in [0.3, 0.4) is 0 Å². The number of hydrogen-bond donors (Lipinski definition) is 4. The van der Waals surface area contributed by atoms with Gasteiger partial charge in [0, 0.05) is 30.0 Å². The molecule has 0 saturated carbocycles. The van der Waals surface area contributed by atoms with Crippen molar-refractivity contribution in [3.63, 3.8) is 0 Å². The van der Waals surface area contributed by atoms with Crippen LogP contribution < -0.4 is 21.7 Å². The van der Waals surface area contributed by atoms with Crippen LogP contribution in [0.1, 0.15) is 30.4 Å². The van der Waals surface area contributed by atoms with Crippen molar-refractivity contribution in [3.8, 4) is 0 Å². The standard InChI is InChI=1S/C20H24N4O2/c21-12-11-19(25)22-15-7-4-8-16(13-15)23-20(26)24-18-10-3-6-14-5-1-2-9-17(14)18/h3-4,6-8,10,13H,1-2,5,9,11-12,21H2,(H,22,25)(H2,23,24,26). The first-order chi connectivity index (χ1) is 12.7. The van der Waals surface area contributed by atoms with E-state index in [1.54, 1.807) is 24.3 Å². The van der Waals surface area contributed by atoms with Crippen LogP contribution in [0, 0.1) is 0 Å². The first-order valence-electron chi connectivity index (χ1n) is 8.94. The van der Waals surface area contributed by atoms with Crippen molar-refractivity contribution in [1.29, 1.82) is 0 Å². The quantitative estimate of drug-likeness (QED) is 0.663. The van der Waals surface area contributed by atoms with E-state index in [1.165, 1.54) is 17.5 Å². The maximum absolute atomic E-state index is 12.4. The molecule has 1 aliphatic carbocycles. The molecule has 2 aromatic carbocycles. The highest BCUT2D eigenvalue weighted by molar-refractivity contribution is 6.01. The fourth-order valence-electron chi connectivity index (χ4n) is 3.21. The van der Waals surface area contributed by atoms with E-state index in [1.807, 2.05) is 12.1 Å². The van der Waals surface area contributed by atoms with Gasteiger partial charge in [0.15, 0.2) is 0 Å². The van der Waals surface area contributed by atoms with Crippen LogP contribution in [0.15, 0.2) is 42.5 Å². The number of hydrogen-bond acceptors (Lipinski definition) is 3. The number of urea groups is 1. The molecule has 0 radical (unpaired) electrons. The summed E-state index contributed by atoms with van der Waals surface area (Å²) < 4.78 is 0. The van der Waals surface area contributed by atoms with Gasteiger partial charge in [0.05, 0.1) is 0 Å². The zero-order valence-corrected chi connectivity index (χ0v) is 14.7. The SMILES string of the molecule is NCCC(=O)Nc1cccc(NC(=O)Nc2cccc3c2CCCC3)c1. The number of benzene rings is 2. The van der Waals surface area contributed by atoms with Gasteiger partial charge in [-0.15, -0.1) is 0 Å². The normalized spacial score (nSPS) is 12.8. The Morgan fingerprint density at radius 2 is 1.65 bits per heavy atom. The average Bonchev–Trinajstić information content (AvgIpc) is 2.62. The Morgan fingerprint density at radius 3 is 2.46 bits per heavy atom. The molecule has 0 spiro atoms. The number of fused-ring (bicyclic) bond motifs is 1. The number of aryl methyl sites for hydroxylation is 1. The fraction of sp³-hybridized carbons (Fsp3) is 0.300. The van der Waals surface area contributed by atoms with Crippen LogP contribution in [-0.2, 0) is 17.6 Å². The molecule has 1 aliphatic rings. The highest BCUT2D eigenvalue weighted by atomic mass is 16.2. The summed E-state index contributed by atoms with van der Waals surface area (Å²) in [5.41, 5.74) is 10.0. The van der Waals surface area contributed by atoms with Gasteiger partial charge in [-0.2, -0.15) is 0 Å². The first-order valence-corrected chi connectivity index (χ1v) is 8.94. The van der Waals surface area contributed by atoms with E-state index in [-0.39, 0.29) is 18.4 Å². The van der Waals surface area contributed by atoms with E-state index in [4.69, 9.17) is 5.73 Å². The molecular weight excluding hydrogens is 328 g/mol. The number of nitrogens with two attached hydrogens (primary N) is 1. The van der Waals surface area contributed by atoms with Crippen molar-refractivity contribution >= 4 is 29.0 Å². The maximum atomic E-state index is 12.4. The number of anilines is 3. The monoisotopic (exact) mass is 352 g/mol. The average molecular weight is 352 g/mol. The van der Waals surface area contributed by atoms with Crippen LogP contribution >= 0.6 is 0 Å². The van der Waals surface area contributed by atoms with Gasteiger partial charge in [0.2, 0.25) is 5.91 Å². The Balaban J connectivity index is 1.65.